The summed E-state index contributed by atoms with van der Waals surface area (Å²) < 4.78 is 1.76. The van der Waals surface area contributed by atoms with Crippen molar-refractivity contribution in [3.8, 4) is 0 Å². The van der Waals surface area contributed by atoms with Crippen LogP contribution in [0.4, 0.5) is 0 Å². The molecule has 0 aliphatic rings. The van der Waals surface area contributed by atoms with E-state index >= 15 is 0 Å². The highest BCUT2D eigenvalue weighted by Gasteiger charge is 1.93. The Morgan fingerprint density at radius 2 is 1.90 bits per heavy atom. The highest BCUT2D eigenvalue weighted by atomic mass is 79.9. The van der Waals surface area contributed by atoms with E-state index in [1.807, 2.05) is 19.1 Å². The fraction of sp³-hybridized carbons (Fsp3) is 0.167. The van der Waals surface area contributed by atoms with Gasteiger partial charge in [-0.15, -0.1) is 17.0 Å². The van der Waals surface area contributed by atoms with Crippen LogP contribution in [0.25, 0.3) is 0 Å². The first-order valence-corrected chi connectivity index (χ1v) is 4.07. The van der Waals surface area contributed by atoms with Crippen LogP contribution in [0.5, 0.6) is 0 Å². The lowest BCUT2D eigenvalue weighted by Gasteiger charge is -1.94. The van der Waals surface area contributed by atoms with E-state index < -0.39 is 0 Å². The highest BCUT2D eigenvalue weighted by Crippen LogP contribution is 2.15. The van der Waals surface area contributed by atoms with E-state index in [2.05, 4.69) is 36.8 Å². The van der Waals surface area contributed by atoms with Crippen molar-refractivity contribution in [3.05, 3.63) is 26.9 Å². The van der Waals surface area contributed by atoms with E-state index in [4.69, 9.17) is 0 Å². The molecule has 0 radical (unpaired) electrons. The third-order valence-electron chi connectivity index (χ3n) is 1.00. The lowest BCUT2D eigenvalue weighted by Crippen LogP contribution is -1.80. The van der Waals surface area contributed by atoms with E-state index in [0.29, 0.717) is 0 Å². The quantitative estimate of drug-likeness (QED) is 0.663. The average Bonchev–Trinajstić information content (AvgIpc) is 1.80. The van der Waals surface area contributed by atoms with E-state index in [1.165, 1.54) is 0 Å². The number of hydrogen-bond acceptors (Lipinski definition) is 1. The van der Waals surface area contributed by atoms with Crippen molar-refractivity contribution in [2.45, 2.75) is 6.92 Å². The lowest BCUT2D eigenvalue weighted by molar-refractivity contribution is 1.18. The first-order chi connectivity index (χ1) is 4.20. The van der Waals surface area contributed by atoms with Crippen LogP contribution < -0.4 is 0 Å². The van der Waals surface area contributed by atoms with Gasteiger partial charge in [0.15, 0.2) is 0 Å². The molecular weight excluding hydrogens is 326 g/mol. The molecule has 1 aromatic heterocycles. The Kier molecular flexibility index (Phi) is 4.73. The zero-order chi connectivity index (χ0) is 6.85. The van der Waals surface area contributed by atoms with Gasteiger partial charge in [0.25, 0.3) is 0 Å². The molecule has 0 bridgehead atoms. The van der Waals surface area contributed by atoms with Gasteiger partial charge in [0.05, 0.1) is 0 Å². The van der Waals surface area contributed by atoms with E-state index in [9.17, 15) is 0 Å². The van der Waals surface area contributed by atoms with Gasteiger partial charge in [0.2, 0.25) is 0 Å². The second kappa shape index (κ2) is 4.46. The van der Waals surface area contributed by atoms with E-state index in [0.717, 1.165) is 14.8 Å². The number of aryl methyl sites for hydroxylation is 1. The van der Waals surface area contributed by atoms with Crippen molar-refractivity contribution in [1.29, 1.82) is 0 Å². The molecule has 1 heterocycles. The molecule has 1 aromatic rings. The fourth-order valence-electron chi connectivity index (χ4n) is 0.482. The molecule has 0 spiro atoms. The summed E-state index contributed by atoms with van der Waals surface area (Å²) in [6, 6.07) is 3.92. The number of hydrogen-bond donors (Lipinski definition) is 0. The molecule has 0 unspecified atom stereocenters. The maximum absolute atomic E-state index is 4.11. The predicted octanol–water partition coefficient (Wildman–Crippen LogP) is 3.49. The molecule has 1 nitrogen and oxygen atoms in total. The summed E-state index contributed by atoms with van der Waals surface area (Å²) in [6.45, 7) is 2.00. The fourth-order valence-corrected chi connectivity index (χ4v) is 1.35. The van der Waals surface area contributed by atoms with Crippen LogP contribution in [-0.4, -0.2) is 4.98 Å². The van der Waals surface area contributed by atoms with Crippen molar-refractivity contribution in [3.63, 3.8) is 0 Å². The predicted molar refractivity (Wildman–Crippen MR) is 54.7 cm³/mol. The number of halogens is 3. The minimum atomic E-state index is 0. The summed E-state index contributed by atoms with van der Waals surface area (Å²) in [5, 5.41) is 0. The normalized spacial score (nSPS) is 8.70. The van der Waals surface area contributed by atoms with Gasteiger partial charge >= 0.3 is 0 Å². The minimum absolute atomic E-state index is 0. The lowest BCUT2D eigenvalue weighted by atomic mass is 10.3. The highest BCUT2D eigenvalue weighted by molar-refractivity contribution is 9.11. The Labute approximate surface area is 87.3 Å². The first-order valence-electron chi connectivity index (χ1n) is 2.49. The molecule has 0 aliphatic heterocycles. The summed E-state index contributed by atoms with van der Waals surface area (Å²) >= 11 is 6.56. The van der Waals surface area contributed by atoms with Crippen LogP contribution >= 0.6 is 48.8 Å². The van der Waals surface area contributed by atoms with E-state index in [-0.39, 0.29) is 17.0 Å². The van der Waals surface area contributed by atoms with Crippen LogP contribution in [0.3, 0.4) is 0 Å². The van der Waals surface area contributed by atoms with Crippen molar-refractivity contribution in [1.82, 2.24) is 4.98 Å². The maximum atomic E-state index is 4.11. The molecule has 0 N–H and O–H groups in total. The van der Waals surface area contributed by atoms with Crippen molar-refractivity contribution in [2.24, 2.45) is 0 Å². The second-order valence-corrected chi connectivity index (χ2v) is 3.31. The summed E-state index contributed by atoms with van der Waals surface area (Å²) in [6.07, 6.45) is 0. The largest absolute Gasteiger partial charge is 0.234 e. The van der Waals surface area contributed by atoms with Crippen LogP contribution in [-0.2, 0) is 0 Å². The van der Waals surface area contributed by atoms with Gasteiger partial charge in [-0.1, -0.05) is 6.07 Å². The van der Waals surface area contributed by atoms with E-state index in [1.54, 1.807) is 0 Å². The summed E-state index contributed by atoms with van der Waals surface area (Å²) in [7, 11) is 0. The molecule has 0 amide bonds. The molecule has 0 aromatic carbocycles. The average molecular weight is 332 g/mol. The Morgan fingerprint density at radius 1 is 1.30 bits per heavy atom. The van der Waals surface area contributed by atoms with Gasteiger partial charge < -0.3 is 0 Å². The van der Waals surface area contributed by atoms with Gasteiger partial charge in [0.1, 0.15) is 9.21 Å². The molecule has 10 heavy (non-hydrogen) atoms. The molecular formula is C6H6Br3N. The number of nitrogens with zero attached hydrogens (tertiary/aromatic N) is 1. The Balaban J connectivity index is 0.000000810. The first kappa shape index (κ1) is 10.6. The third-order valence-corrected chi connectivity index (χ3v) is 2.25. The summed E-state index contributed by atoms with van der Waals surface area (Å²) in [4.78, 5) is 4.11. The number of aromatic nitrogens is 1. The van der Waals surface area contributed by atoms with Crippen molar-refractivity contribution >= 4 is 48.8 Å². The van der Waals surface area contributed by atoms with Gasteiger partial charge in [-0.25, -0.2) is 4.98 Å². The number of rotatable bonds is 0. The Morgan fingerprint density at radius 3 is 2.30 bits per heavy atom. The number of pyridine rings is 1. The third kappa shape index (κ3) is 2.68. The van der Waals surface area contributed by atoms with Crippen LogP contribution in [0.2, 0.25) is 0 Å². The maximum Gasteiger partial charge on any atom is 0.110 e. The molecule has 56 valence electrons. The molecule has 0 fully saturated rings. The molecule has 1 rings (SSSR count). The Bertz CT molecular complexity index is 224. The standard InChI is InChI=1S/C6H5Br2N.BrH/c1-4-2-3-5(7)9-6(4)8;/h2-3H,1H3;1H. The molecule has 0 aliphatic carbocycles. The van der Waals surface area contributed by atoms with Crippen molar-refractivity contribution < 1.29 is 0 Å². The molecule has 4 heteroatoms. The topological polar surface area (TPSA) is 12.9 Å². The van der Waals surface area contributed by atoms with Crippen LogP contribution in [0.15, 0.2) is 21.3 Å². The molecule has 0 saturated carbocycles. The Hall–Kier alpha value is 0.590. The van der Waals surface area contributed by atoms with Gasteiger partial charge in [0, 0.05) is 0 Å². The minimum Gasteiger partial charge on any atom is -0.234 e. The second-order valence-electron chi connectivity index (χ2n) is 1.74. The summed E-state index contributed by atoms with van der Waals surface area (Å²) in [5.74, 6) is 0. The molecule has 0 atom stereocenters. The van der Waals surface area contributed by atoms with Gasteiger partial charge in [-0.05, 0) is 50.4 Å². The van der Waals surface area contributed by atoms with Crippen molar-refractivity contribution in [2.75, 3.05) is 0 Å². The van der Waals surface area contributed by atoms with Gasteiger partial charge in [-0.2, -0.15) is 0 Å². The molecule has 0 saturated heterocycles. The zero-order valence-corrected chi connectivity index (χ0v) is 10.2. The summed E-state index contributed by atoms with van der Waals surface area (Å²) in [5.41, 5.74) is 1.15. The van der Waals surface area contributed by atoms with Gasteiger partial charge in [-0.3, -0.25) is 0 Å². The monoisotopic (exact) mass is 329 g/mol. The van der Waals surface area contributed by atoms with Crippen LogP contribution in [0.1, 0.15) is 5.56 Å². The SMILES string of the molecule is Br.Cc1ccc(Br)nc1Br. The smallest absolute Gasteiger partial charge is 0.110 e. The van der Waals surface area contributed by atoms with Crippen LogP contribution in [0, 0.1) is 6.92 Å². The zero-order valence-electron chi connectivity index (χ0n) is 5.27.